The average molecular weight is 251 g/mol. The molecule has 7 heteroatoms. The fourth-order valence-electron chi connectivity index (χ4n) is 1.85. The number of nitrogen functional groups attached to an aromatic ring is 1. The molecular weight excluding hydrogens is 234 g/mol. The summed E-state index contributed by atoms with van der Waals surface area (Å²) in [6.45, 7) is 4.56. The largest absolute Gasteiger partial charge is 0.376 e. The quantitative estimate of drug-likeness (QED) is 0.518. The predicted octanol–water partition coefficient (Wildman–Crippen LogP) is 0.0595. The van der Waals surface area contributed by atoms with Gasteiger partial charge in [0.2, 0.25) is 0 Å². The monoisotopic (exact) mass is 251 g/mol. The van der Waals surface area contributed by atoms with Gasteiger partial charge in [0, 0.05) is 6.61 Å². The number of nitrogens with one attached hydrogen (secondary N) is 2. The summed E-state index contributed by atoms with van der Waals surface area (Å²) in [5.74, 6) is 5.33. The van der Waals surface area contributed by atoms with Gasteiger partial charge in [-0.25, -0.2) is 5.84 Å². The van der Waals surface area contributed by atoms with Crippen LogP contribution in [0.5, 0.6) is 0 Å². The molecular formula is C11H17N5O2. The van der Waals surface area contributed by atoms with E-state index < -0.39 is 0 Å². The number of nitrogens with two attached hydrogens (primary N) is 1. The van der Waals surface area contributed by atoms with Gasteiger partial charge in [-0.3, -0.25) is 4.79 Å². The van der Waals surface area contributed by atoms with Gasteiger partial charge in [-0.15, -0.1) is 10.2 Å². The van der Waals surface area contributed by atoms with E-state index in [4.69, 9.17) is 10.6 Å². The fourth-order valence-corrected chi connectivity index (χ4v) is 1.85. The number of rotatable bonds is 3. The third-order valence-corrected chi connectivity index (χ3v) is 3.33. The molecule has 2 rings (SSSR count). The molecule has 1 amide bonds. The van der Waals surface area contributed by atoms with Gasteiger partial charge in [-0.2, -0.15) is 0 Å². The van der Waals surface area contributed by atoms with Crippen LogP contribution in [-0.4, -0.2) is 34.4 Å². The maximum Gasteiger partial charge on any atom is 0.272 e. The summed E-state index contributed by atoms with van der Waals surface area (Å²) in [5, 5.41) is 10.5. The van der Waals surface area contributed by atoms with Crippen LogP contribution < -0.4 is 16.6 Å². The maximum absolute atomic E-state index is 12.0. The Labute approximate surface area is 105 Å². The van der Waals surface area contributed by atoms with E-state index in [2.05, 4.69) is 20.9 Å². The third kappa shape index (κ3) is 2.41. The Kier molecular flexibility index (Phi) is 3.44. The summed E-state index contributed by atoms with van der Waals surface area (Å²) in [5.41, 5.74) is 2.26. The van der Waals surface area contributed by atoms with Crippen molar-refractivity contribution in [3.8, 4) is 0 Å². The molecule has 1 aromatic rings. The van der Waals surface area contributed by atoms with Crippen LogP contribution in [0.15, 0.2) is 12.1 Å². The Balaban J connectivity index is 2.07. The molecule has 0 spiro atoms. The molecule has 2 unspecified atom stereocenters. The van der Waals surface area contributed by atoms with Crippen molar-refractivity contribution in [3.63, 3.8) is 0 Å². The lowest BCUT2D eigenvalue weighted by Gasteiger charge is -2.28. The average Bonchev–Trinajstić information content (AvgIpc) is 2.69. The first-order valence-corrected chi connectivity index (χ1v) is 5.79. The van der Waals surface area contributed by atoms with Crippen LogP contribution >= 0.6 is 0 Å². The number of nitrogens with zero attached hydrogens (tertiary/aromatic N) is 2. The van der Waals surface area contributed by atoms with Crippen molar-refractivity contribution in [1.29, 1.82) is 0 Å². The van der Waals surface area contributed by atoms with Gasteiger partial charge in [-0.05, 0) is 32.4 Å². The van der Waals surface area contributed by atoms with E-state index in [0.717, 1.165) is 6.42 Å². The summed E-state index contributed by atoms with van der Waals surface area (Å²) in [6, 6.07) is 3.17. The zero-order valence-corrected chi connectivity index (χ0v) is 10.4. The molecule has 0 saturated carbocycles. The summed E-state index contributed by atoms with van der Waals surface area (Å²) in [7, 11) is 0. The maximum atomic E-state index is 12.0. The number of anilines is 1. The molecule has 2 atom stereocenters. The van der Waals surface area contributed by atoms with Crippen LogP contribution in [0.3, 0.4) is 0 Å². The second kappa shape index (κ2) is 4.87. The van der Waals surface area contributed by atoms with Crippen LogP contribution in [0.25, 0.3) is 0 Å². The van der Waals surface area contributed by atoms with Gasteiger partial charge in [-0.1, -0.05) is 0 Å². The molecule has 2 heterocycles. The van der Waals surface area contributed by atoms with E-state index in [1.54, 1.807) is 12.1 Å². The molecule has 18 heavy (non-hydrogen) atoms. The van der Waals surface area contributed by atoms with E-state index >= 15 is 0 Å². The smallest absolute Gasteiger partial charge is 0.272 e. The van der Waals surface area contributed by atoms with Gasteiger partial charge in [0.15, 0.2) is 11.5 Å². The summed E-state index contributed by atoms with van der Waals surface area (Å²) < 4.78 is 5.46. The molecule has 4 N–H and O–H groups in total. The Morgan fingerprint density at radius 2 is 2.33 bits per heavy atom. The molecule has 0 radical (unpaired) electrons. The Morgan fingerprint density at radius 1 is 1.56 bits per heavy atom. The van der Waals surface area contributed by atoms with Crippen molar-refractivity contribution in [2.75, 3.05) is 12.0 Å². The third-order valence-electron chi connectivity index (χ3n) is 3.33. The van der Waals surface area contributed by atoms with Gasteiger partial charge >= 0.3 is 0 Å². The Hall–Kier alpha value is -1.73. The number of amides is 1. The molecule has 1 aliphatic heterocycles. The van der Waals surface area contributed by atoms with Gasteiger partial charge in [0.25, 0.3) is 5.91 Å². The van der Waals surface area contributed by atoms with E-state index in [9.17, 15) is 4.79 Å². The van der Waals surface area contributed by atoms with Crippen LogP contribution in [-0.2, 0) is 4.74 Å². The van der Waals surface area contributed by atoms with Crippen LogP contribution in [0, 0.1) is 0 Å². The normalized spacial score (nSPS) is 26.9. The van der Waals surface area contributed by atoms with Gasteiger partial charge in [0.1, 0.15) is 0 Å². The molecule has 1 aromatic heterocycles. The van der Waals surface area contributed by atoms with Crippen molar-refractivity contribution in [2.45, 2.75) is 31.9 Å². The predicted molar refractivity (Wildman–Crippen MR) is 65.7 cm³/mol. The summed E-state index contributed by atoms with van der Waals surface area (Å²) in [4.78, 5) is 12.0. The fraction of sp³-hybridized carbons (Fsp3) is 0.545. The van der Waals surface area contributed by atoms with E-state index in [0.29, 0.717) is 12.4 Å². The number of carbonyl (C=O) groups is 1. The number of ether oxygens (including phenoxy) is 1. The lowest BCUT2D eigenvalue weighted by Crippen LogP contribution is -2.50. The first kappa shape index (κ1) is 12.7. The van der Waals surface area contributed by atoms with E-state index in [-0.39, 0.29) is 23.2 Å². The highest BCUT2D eigenvalue weighted by molar-refractivity contribution is 5.92. The Morgan fingerprint density at radius 3 is 2.83 bits per heavy atom. The first-order valence-electron chi connectivity index (χ1n) is 5.79. The topological polar surface area (TPSA) is 102 Å². The highest BCUT2D eigenvalue weighted by Crippen LogP contribution is 2.25. The van der Waals surface area contributed by atoms with Crippen LogP contribution in [0.2, 0.25) is 0 Å². The van der Waals surface area contributed by atoms with Crippen LogP contribution in [0.4, 0.5) is 5.82 Å². The molecule has 1 aliphatic rings. The van der Waals surface area contributed by atoms with Crippen molar-refractivity contribution in [2.24, 2.45) is 5.84 Å². The summed E-state index contributed by atoms with van der Waals surface area (Å²) >= 11 is 0. The zero-order chi connectivity index (χ0) is 13.2. The minimum atomic E-state index is -0.358. The minimum Gasteiger partial charge on any atom is -0.376 e. The lowest BCUT2D eigenvalue weighted by atomic mass is 9.94. The molecule has 0 bridgehead atoms. The molecule has 1 fully saturated rings. The molecule has 0 aromatic carbocycles. The molecule has 0 aliphatic carbocycles. The standard InChI is InChI=1S/C11H17N5O2/c1-7-11(2,5-6-18-7)13-10(17)8-3-4-9(14-12)16-15-8/h3-4,7H,5-6,12H2,1-2H3,(H,13,17)(H,14,16). The van der Waals surface area contributed by atoms with E-state index in [1.165, 1.54) is 0 Å². The second-order valence-corrected chi connectivity index (χ2v) is 4.58. The Bertz CT molecular complexity index is 436. The summed E-state index contributed by atoms with van der Waals surface area (Å²) in [6.07, 6.45) is 0.773. The van der Waals surface area contributed by atoms with Crippen molar-refractivity contribution < 1.29 is 9.53 Å². The van der Waals surface area contributed by atoms with Crippen molar-refractivity contribution in [3.05, 3.63) is 17.8 Å². The van der Waals surface area contributed by atoms with E-state index in [1.807, 2.05) is 13.8 Å². The van der Waals surface area contributed by atoms with Crippen molar-refractivity contribution >= 4 is 11.7 Å². The number of aromatic nitrogens is 2. The van der Waals surface area contributed by atoms with Gasteiger partial charge < -0.3 is 15.5 Å². The first-order chi connectivity index (χ1) is 8.55. The number of hydrogen-bond donors (Lipinski definition) is 3. The van der Waals surface area contributed by atoms with Gasteiger partial charge in [0.05, 0.1) is 11.6 Å². The molecule has 1 saturated heterocycles. The highest BCUT2D eigenvalue weighted by atomic mass is 16.5. The highest BCUT2D eigenvalue weighted by Gasteiger charge is 2.38. The SMILES string of the molecule is CC1OCCC1(C)NC(=O)c1ccc(NN)nn1. The minimum absolute atomic E-state index is 0.0145. The van der Waals surface area contributed by atoms with Crippen LogP contribution in [0.1, 0.15) is 30.8 Å². The zero-order valence-electron chi connectivity index (χ0n) is 10.4. The van der Waals surface area contributed by atoms with Crippen molar-refractivity contribution in [1.82, 2.24) is 15.5 Å². The number of hydrazine groups is 1. The second-order valence-electron chi connectivity index (χ2n) is 4.58. The number of hydrogen-bond acceptors (Lipinski definition) is 6. The lowest BCUT2D eigenvalue weighted by molar-refractivity contribution is 0.0723. The molecule has 98 valence electrons. The number of carbonyl (C=O) groups excluding carboxylic acids is 1. The molecule has 7 nitrogen and oxygen atoms in total.